The lowest BCUT2D eigenvalue weighted by Gasteiger charge is -2.44. The van der Waals surface area contributed by atoms with E-state index in [1.54, 1.807) is 6.07 Å². The van der Waals surface area contributed by atoms with Gasteiger partial charge in [0.1, 0.15) is 5.69 Å². The highest BCUT2D eigenvalue weighted by Crippen LogP contribution is 2.35. The van der Waals surface area contributed by atoms with Gasteiger partial charge in [-0.1, -0.05) is 0 Å². The van der Waals surface area contributed by atoms with Crippen LogP contribution in [0.3, 0.4) is 0 Å². The molecular formula is C17H17N3OS. The molecule has 1 aromatic heterocycles. The number of aromatic nitrogens is 1. The molecule has 3 fully saturated rings. The SMILES string of the molecule is N#Cc1ccc2c(C(=O)C[C@@H]3CN4CCC3CC4)nsc2c1. The molecule has 0 saturated carbocycles. The van der Waals surface area contributed by atoms with Crippen LogP contribution in [0.4, 0.5) is 0 Å². The smallest absolute Gasteiger partial charge is 0.183 e. The van der Waals surface area contributed by atoms with Gasteiger partial charge < -0.3 is 4.90 Å². The van der Waals surface area contributed by atoms with Crippen LogP contribution in [0.25, 0.3) is 10.1 Å². The minimum atomic E-state index is 0.162. The molecule has 4 heterocycles. The fraction of sp³-hybridized carbons (Fsp3) is 0.471. The molecule has 5 rings (SSSR count). The molecule has 1 aromatic carbocycles. The molecule has 112 valence electrons. The van der Waals surface area contributed by atoms with Gasteiger partial charge in [0.15, 0.2) is 5.78 Å². The highest BCUT2D eigenvalue weighted by Gasteiger charge is 2.35. The third-order valence-corrected chi connectivity index (χ3v) is 5.91. The second-order valence-corrected chi connectivity index (χ2v) is 7.18. The Hall–Kier alpha value is -1.77. The third-order valence-electron chi connectivity index (χ3n) is 5.10. The molecule has 0 N–H and O–H groups in total. The van der Waals surface area contributed by atoms with E-state index in [4.69, 9.17) is 5.26 Å². The number of piperidine rings is 3. The first-order valence-corrected chi connectivity index (χ1v) is 8.57. The number of hydrogen-bond acceptors (Lipinski definition) is 5. The molecule has 3 saturated heterocycles. The van der Waals surface area contributed by atoms with Crippen molar-refractivity contribution in [3.8, 4) is 6.07 Å². The summed E-state index contributed by atoms with van der Waals surface area (Å²) in [6.45, 7) is 3.47. The van der Waals surface area contributed by atoms with Crippen LogP contribution in [0.1, 0.15) is 35.3 Å². The predicted molar refractivity (Wildman–Crippen MR) is 85.9 cm³/mol. The lowest BCUT2D eigenvalue weighted by Crippen LogP contribution is -2.47. The summed E-state index contributed by atoms with van der Waals surface area (Å²) in [5.74, 6) is 1.36. The number of carbonyl (C=O) groups excluding carboxylic acids is 1. The highest BCUT2D eigenvalue weighted by molar-refractivity contribution is 7.13. The molecule has 5 heteroatoms. The van der Waals surface area contributed by atoms with Crippen LogP contribution in [-0.4, -0.2) is 34.7 Å². The quantitative estimate of drug-likeness (QED) is 0.817. The van der Waals surface area contributed by atoms with E-state index < -0.39 is 0 Å². The molecule has 2 bridgehead atoms. The van der Waals surface area contributed by atoms with Crippen molar-refractivity contribution in [1.82, 2.24) is 9.27 Å². The van der Waals surface area contributed by atoms with E-state index in [1.165, 1.54) is 37.5 Å². The van der Waals surface area contributed by atoms with Gasteiger partial charge in [0, 0.05) is 18.4 Å². The number of nitriles is 1. The van der Waals surface area contributed by atoms with Crippen molar-refractivity contribution in [2.24, 2.45) is 11.8 Å². The van der Waals surface area contributed by atoms with Crippen molar-refractivity contribution >= 4 is 27.4 Å². The van der Waals surface area contributed by atoms with Crippen molar-refractivity contribution in [3.63, 3.8) is 0 Å². The van der Waals surface area contributed by atoms with Crippen molar-refractivity contribution in [2.75, 3.05) is 19.6 Å². The minimum Gasteiger partial charge on any atom is -0.303 e. The zero-order chi connectivity index (χ0) is 15.1. The first-order valence-electron chi connectivity index (χ1n) is 7.79. The molecule has 22 heavy (non-hydrogen) atoms. The maximum atomic E-state index is 12.7. The molecule has 1 atom stereocenters. The summed E-state index contributed by atoms with van der Waals surface area (Å²) in [6.07, 6.45) is 3.09. The standard InChI is InChI=1S/C17H17N3OS/c18-9-11-1-2-14-16(7-11)22-19-17(14)15(21)8-13-10-20-5-3-12(13)4-6-20/h1-2,7,12-13H,3-6,8,10H2/t13-/m1/s1. The third kappa shape index (κ3) is 2.33. The number of nitrogens with zero attached hydrogens (tertiary/aromatic N) is 3. The van der Waals surface area contributed by atoms with Gasteiger partial charge in [-0.2, -0.15) is 9.64 Å². The van der Waals surface area contributed by atoms with Gasteiger partial charge in [0.05, 0.1) is 16.3 Å². The monoisotopic (exact) mass is 311 g/mol. The van der Waals surface area contributed by atoms with E-state index in [0.29, 0.717) is 29.5 Å². The molecular weight excluding hydrogens is 294 g/mol. The largest absolute Gasteiger partial charge is 0.303 e. The molecule has 0 amide bonds. The maximum Gasteiger partial charge on any atom is 0.183 e. The van der Waals surface area contributed by atoms with E-state index in [1.807, 2.05) is 12.1 Å². The van der Waals surface area contributed by atoms with E-state index in [9.17, 15) is 4.79 Å². The summed E-state index contributed by atoms with van der Waals surface area (Å²) in [4.78, 5) is 15.2. The number of hydrogen-bond donors (Lipinski definition) is 0. The van der Waals surface area contributed by atoms with Crippen LogP contribution < -0.4 is 0 Å². The summed E-state index contributed by atoms with van der Waals surface area (Å²) in [5.41, 5.74) is 1.22. The maximum absolute atomic E-state index is 12.7. The second-order valence-electron chi connectivity index (χ2n) is 6.38. The average Bonchev–Trinajstić information content (AvgIpc) is 2.99. The van der Waals surface area contributed by atoms with Crippen LogP contribution in [-0.2, 0) is 0 Å². The number of fused-ring (bicyclic) bond motifs is 4. The lowest BCUT2D eigenvalue weighted by atomic mass is 9.76. The fourth-order valence-corrected chi connectivity index (χ4v) is 4.69. The molecule has 0 spiro atoms. The van der Waals surface area contributed by atoms with Crippen molar-refractivity contribution < 1.29 is 4.79 Å². The zero-order valence-electron chi connectivity index (χ0n) is 12.3. The molecule has 4 nitrogen and oxygen atoms in total. The van der Waals surface area contributed by atoms with Crippen LogP contribution in [0.5, 0.6) is 0 Å². The molecule has 2 aromatic rings. The van der Waals surface area contributed by atoms with Gasteiger partial charge in [-0.15, -0.1) is 0 Å². The van der Waals surface area contributed by atoms with E-state index >= 15 is 0 Å². The van der Waals surface area contributed by atoms with Gasteiger partial charge in [0.2, 0.25) is 0 Å². The topological polar surface area (TPSA) is 57.0 Å². The van der Waals surface area contributed by atoms with Gasteiger partial charge >= 0.3 is 0 Å². The second kappa shape index (κ2) is 5.45. The molecule has 3 aliphatic rings. The Morgan fingerprint density at radius 2 is 2.23 bits per heavy atom. The number of carbonyl (C=O) groups is 1. The summed E-state index contributed by atoms with van der Waals surface area (Å²) in [7, 11) is 0. The summed E-state index contributed by atoms with van der Waals surface area (Å²) in [6, 6.07) is 7.58. The Kier molecular flexibility index (Phi) is 3.44. The summed E-state index contributed by atoms with van der Waals surface area (Å²) >= 11 is 1.32. The molecule has 0 unspecified atom stereocenters. The van der Waals surface area contributed by atoms with Gasteiger partial charge in [0.25, 0.3) is 0 Å². The van der Waals surface area contributed by atoms with E-state index in [-0.39, 0.29) is 5.78 Å². The highest BCUT2D eigenvalue weighted by atomic mass is 32.1. The van der Waals surface area contributed by atoms with Crippen LogP contribution >= 0.6 is 11.5 Å². The number of ketones is 1. The first kappa shape index (κ1) is 13.9. The van der Waals surface area contributed by atoms with Crippen molar-refractivity contribution in [1.29, 1.82) is 5.26 Å². The molecule has 0 aliphatic carbocycles. The van der Waals surface area contributed by atoms with Gasteiger partial charge in [-0.05, 0) is 67.5 Å². The van der Waals surface area contributed by atoms with Crippen LogP contribution in [0.2, 0.25) is 0 Å². The van der Waals surface area contributed by atoms with Crippen molar-refractivity contribution in [3.05, 3.63) is 29.5 Å². The Labute approximate surface area is 133 Å². The molecule has 0 radical (unpaired) electrons. The van der Waals surface area contributed by atoms with E-state index in [2.05, 4.69) is 15.3 Å². The van der Waals surface area contributed by atoms with Gasteiger partial charge in [-0.3, -0.25) is 4.79 Å². The van der Waals surface area contributed by atoms with E-state index in [0.717, 1.165) is 16.6 Å². The van der Waals surface area contributed by atoms with Crippen molar-refractivity contribution in [2.45, 2.75) is 19.3 Å². The predicted octanol–water partition coefficient (Wildman–Crippen LogP) is 3.08. The molecule has 3 aliphatic heterocycles. The van der Waals surface area contributed by atoms with Gasteiger partial charge in [-0.25, -0.2) is 0 Å². The Morgan fingerprint density at radius 1 is 1.41 bits per heavy atom. The number of benzene rings is 1. The lowest BCUT2D eigenvalue weighted by molar-refractivity contribution is 0.0440. The fourth-order valence-electron chi connectivity index (χ4n) is 3.86. The number of rotatable bonds is 3. The number of Topliss-reactive ketones (excluding diaryl/α,β-unsaturated/α-hetero) is 1. The summed E-state index contributed by atoms with van der Waals surface area (Å²) in [5, 5.41) is 9.85. The van der Waals surface area contributed by atoms with Crippen LogP contribution in [0.15, 0.2) is 18.2 Å². The summed E-state index contributed by atoms with van der Waals surface area (Å²) < 4.78 is 5.29. The normalized spacial score (nSPS) is 27.0. The Bertz CT molecular complexity index is 768. The Balaban J connectivity index is 1.57. The average molecular weight is 311 g/mol. The first-order chi connectivity index (χ1) is 10.7. The Morgan fingerprint density at radius 3 is 2.91 bits per heavy atom. The van der Waals surface area contributed by atoms with Crippen LogP contribution in [0, 0.1) is 23.2 Å². The zero-order valence-corrected chi connectivity index (χ0v) is 13.1. The minimum absolute atomic E-state index is 0.162.